The van der Waals surface area contributed by atoms with Crippen molar-refractivity contribution in [2.24, 2.45) is 0 Å². The van der Waals surface area contributed by atoms with Gasteiger partial charge in [-0.2, -0.15) is 0 Å². The molecule has 1 aliphatic heterocycles. The molecule has 2 rings (SSSR count). The van der Waals surface area contributed by atoms with Gasteiger partial charge in [0.2, 0.25) is 5.91 Å². The maximum atomic E-state index is 11.2. The van der Waals surface area contributed by atoms with E-state index in [1.54, 1.807) is 0 Å². The molecule has 0 radical (unpaired) electrons. The maximum absolute atomic E-state index is 11.2. The Bertz CT molecular complexity index is 387. The SMILES string of the molecule is CCN(C)c1ccc2c(c1)CCC(=O)N2. The van der Waals surface area contributed by atoms with Gasteiger partial charge in [-0.3, -0.25) is 4.79 Å². The monoisotopic (exact) mass is 204 g/mol. The highest BCUT2D eigenvalue weighted by molar-refractivity contribution is 5.94. The van der Waals surface area contributed by atoms with Crippen molar-refractivity contribution in [3.8, 4) is 0 Å². The smallest absolute Gasteiger partial charge is 0.224 e. The fourth-order valence-corrected chi connectivity index (χ4v) is 1.79. The van der Waals surface area contributed by atoms with E-state index in [1.165, 1.54) is 11.3 Å². The van der Waals surface area contributed by atoms with Crippen LogP contribution in [0.15, 0.2) is 18.2 Å². The molecule has 0 aromatic heterocycles. The van der Waals surface area contributed by atoms with E-state index >= 15 is 0 Å². The lowest BCUT2D eigenvalue weighted by Crippen LogP contribution is -2.20. The van der Waals surface area contributed by atoms with Gasteiger partial charge in [-0.05, 0) is 37.1 Å². The Kier molecular flexibility index (Phi) is 2.62. The molecule has 0 fully saturated rings. The topological polar surface area (TPSA) is 32.3 Å². The van der Waals surface area contributed by atoms with Crippen molar-refractivity contribution in [3.63, 3.8) is 0 Å². The third-order valence-corrected chi connectivity index (χ3v) is 2.90. The lowest BCUT2D eigenvalue weighted by Gasteiger charge is -2.22. The van der Waals surface area contributed by atoms with E-state index in [1.807, 2.05) is 12.1 Å². The Hall–Kier alpha value is -1.51. The number of benzene rings is 1. The lowest BCUT2D eigenvalue weighted by atomic mass is 10.0. The van der Waals surface area contributed by atoms with Crippen molar-refractivity contribution in [2.75, 3.05) is 23.8 Å². The Balaban J connectivity index is 2.30. The van der Waals surface area contributed by atoms with E-state index in [2.05, 4.69) is 30.3 Å². The minimum atomic E-state index is 0.124. The molecular formula is C12H16N2O. The molecule has 1 aromatic rings. The number of carbonyl (C=O) groups excluding carboxylic acids is 1. The van der Waals surface area contributed by atoms with Crippen molar-refractivity contribution in [1.29, 1.82) is 0 Å². The first kappa shape index (κ1) is 10.0. The summed E-state index contributed by atoms with van der Waals surface area (Å²) in [5, 5.41) is 2.89. The average molecular weight is 204 g/mol. The highest BCUT2D eigenvalue weighted by Crippen LogP contribution is 2.26. The van der Waals surface area contributed by atoms with Gasteiger partial charge in [0.15, 0.2) is 0 Å². The molecule has 1 N–H and O–H groups in total. The minimum Gasteiger partial charge on any atom is -0.375 e. The number of rotatable bonds is 2. The number of carbonyl (C=O) groups is 1. The first-order valence-corrected chi connectivity index (χ1v) is 5.34. The summed E-state index contributed by atoms with van der Waals surface area (Å²) in [7, 11) is 2.07. The van der Waals surface area contributed by atoms with Crippen molar-refractivity contribution >= 4 is 17.3 Å². The highest BCUT2D eigenvalue weighted by atomic mass is 16.1. The zero-order valence-electron chi connectivity index (χ0n) is 9.21. The van der Waals surface area contributed by atoms with Crippen LogP contribution in [-0.2, 0) is 11.2 Å². The standard InChI is InChI=1S/C12H16N2O/c1-3-14(2)10-5-6-11-9(8-10)4-7-12(15)13-11/h5-6,8H,3-4,7H2,1-2H3,(H,13,15). The van der Waals surface area contributed by atoms with E-state index in [-0.39, 0.29) is 5.91 Å². The second-order valence-electron chi connectivity index (χ2n) is 3.90. The van der Waals surface area contributed by atoms with Gasteiger partial charge in [0.1, 0.15) is 0 Å². The highest BCUT2D eigenvalue weighted by Gasteiger charge is 2.15. The van der Waals surface area contributed by atoms with Crippen LogP contribution in [0.5, 0.6) is 0 Å². The summed E-state index contributed by atoms with van der Waals surface area (Å²) in [4.78, 5) is 13.4. The van der Waals surface area contributed by atoms with Gasteiger partial charge in [-0.15, -0.1) is 0 Å². The fraction of sp³-hybridized carbons (Fsp3) is 0.417. The van der Waals surface area contributed by atoms with Crippen LogP contribution in [0.1, 0.15) is 18.9 Å². The first-order chi connectivity index (χ1) is 7.20. The van der Waals surface area contributed by atoms with Gasteiger partial charge in [-0.25, -0.2) is 0 Å². The van der Waals surface area contributed by atoms with E-state index in [0.717, 1.165) is 18.7 Å². The van der Waals surface area contributed by atoms with Crippen LogP contribution in [-0.4, -0.2) is 19.5 Å². The summed E-state index contributed by atoms with van der Waals surface area (Å²) in [5.41, 5.74) is 3.43. The second-order valence-corrected chi connectivity index (χ2v) is 3.90. The van der Waals surface area contributed by atoms with Gasteiger partial charge in [0.25, 0.3) is 0 Å². The predicted octanol–water partition coefficient (Wildman–Crippen LogP) is 2.03. The molecule has 1 amide bonds. The van der Waals surface area contributed by atoms with Gasteiger partial charge in [0, 0.05) is 31.4 Å². The van der Waals surface area contributed by atoms with Crippen LogP contribution in [0.3, 0.4) is 0 Å². The average Bonchev–Trinajstić information content (AvgIpc) is 2.27. The molecule has 80 valence electrons. The van der Waals surface area contributed by atoms with E-state index in [0.29, 0.717) is 6.42 Å². The molecule has 3 nitrogen and oxygen atoms in total. The number of aryl methyl sites for hydroxylation is 1. The first-order valence-electron chi connectivity index (χ1n) is 5.34. The quantitative estimate of drug-likeness (QED) is 0.799. The summed E-state index contributed by atoms with van der Waals surface area (Å²) in [6, 6.07) is 6.21. The van der Waals surface area contributed by atoms with E-state index < -0.39 is 0 Å². The Labute approximate surface area is 90.1 Å². The van der Waals surface area contributed by atoms with Crippen molar-refractivity contribution in [2.45, 2.75) is 19.8 Å². The third kappa shape index (κ3) is 1.96. The molecule has 0 unspecified atom stereocenters. The van der Waals surface area contributed by atoms with Gasteiger partial charge in [-0.1, -0.05) is 0 Å². The van der Waals surface area contributed by atoms with Crippen LogP contribution in [0.25, 0.3) is 0 Å². The van der Waals surface area contributed by atoms with Crippen LogP contribution >= 0.6 is 0 Å². The van der Waals surface area contributed by atoms with E-state index in [9.17, 15) is 4.79 Å². The van der Waals surface area contributed by atoms with Crippen LogP contribution in [0.2, 0.25) is 0 Å². The van der Waals surface area contributed by atoms with Crippen molar-refractivity contribution in [1.82, 2.24) is 0 Å². The summed E-state index contributed by atoms with van der Waals surface area (Å²) in [6.07, 6.45) is 1.46. The molecular weight excluding hydrogens is 188 g/mol. The molecule has 15 heavy (non-hydrogen) atoms. The predicted molar refractivity (Wildman–Crippen MR) is 62.3 cm³/mol. The zero-order chi connectivity index (χ0) is 10.8. The lowest BCUT2D eigenvalue weighted by molar-refractivity contribution is -0.116. The minimum absolute atomic E-state index is 0.124. The van der Waals surface area contributed by atoms with Gasteiger partial charge in [0.05, 0.1) is 0 Å². The van der Waals surface area contributed by atoms with Crippen LogP contribution in [0, 0.1) is 0 Å². The normalized spacial score (nSPS) is 14.4. The molecule has 0 bridgehead atoms. The van der Waals surface area contributed by atoms with Crippen molar-refractivity contribution < 1.29 is 4.79 Å². The Morgan fingerprint density at radius 3 is 2.93 bits per heavy atom. The van der Waals surface area contributed by atoms with Gasteiger partial charge >= 0.3 is 0 Å². The fourth-order valence-electron chi connectivity index (χ4n) is 1.79. The summed E-state index contributed by atoms with van der Waals surface area (Å²) in [6.45, 7) is 3.12. The molecule has 1 aromatic carbocycles. The van der Waals surface area contributed by atoms with Gasteiger partial charge < -0.3 is 10.2 Å². The second kappa shape index (κ2) is 3.93. The summed E-state index contributed by atoms with van der Waals surface area (Å²) in [5.74, 6) is 0.124. The van der Waals surface area contributed by atoms with Crippen LogP contribution in [0.4, 0.5) is 11.4 Å². The largest absolute Gasteiger partial charge is 0.375 e. The number of fused-ring (bicyclic) bond motifs is 1. The van der Waals surface area contributed by atoms with Crippen molar-refractivity contribution in [3.05, 3.63) is 23.8 Å². The number of hydrogen-bond donors (Lipinski definition) is 1. The molecule has 0 spiro atoms. The number of nitrogens with zero attached hydrogens (tertiary/aromatic N) is 1. The molecule has 0 saturated carbocycles. The van der Waals surface area contributed by atoms with E-state index in [4.69, 9.17) is 0 Å². The number of anilines is 2. The Morgan fingerprint density at radius 1 is 1.40 bits per heavy atom. The molecule has 3 heteroatoms. The van der Waals surface area contributed by atoms with Crippen LogP contribution < -0.4 is 10.2 Å². The number of amides is 1. The molecule has 1 aliphatic rings. The maximum Gasteiger partial charge on any atom is 0.224 e. The zero-order valence-corrected chi connectivity index (χ0v) is 9.21. The third-order valence-electron chi connectivity index (χ3n) is 2.90. The molecule has 0 saturated heterocycles. The Morgan fingerprint density at radius 2 is 2.20 bits per heavy atom. The summed E-state index contributed by atoms with van der Waals surface area (Å²) < 4.78 is 0. The molecule has 1 heterocycles. The summed E-state index contributed by atoms with van der Waals surface area (Å²) >= 11 is 0. The number of nitrogens with one attached hydrogen (secondary N) is 1. The molecule has 0 aliphatic carbocycles. The molecule has 0 atom stereocenters. The number of hydrogen-bond acceptors (Lipinski definition) is 2.